The summed E-state index contributed by atoms with van der Waals surface area (Å²) in [5.74, 6) is 0.954. The number of ether oxygens (including phenoxy) is 2. The van der Waals surface area contributed by atoms with Crippen LogP contribution in [0.15, 0.2) is 0 Å². The molecule has 1 saturated carbocycles. The van der Waals surface area contributed by atoms with E-state index in [-0.39, 0.29) is 12.5 Å². The quantitative estimate of drug-likeness (QED) is 0.640. The van der Waals surface area contributed by atoms with Crippen molar-refractivity contribution in [3.8, 4) is 0 Å². The van der Waals surface area contributed by atoms with E-state index in [0.717, 1.165) is 38.7 Å². The van der Waals surface area contributed by atoms with Crippen molar-refractivity contribution in [2.75, 3.05) is 13.2 Å². The lowest BCUT2D eigenvalue weighted by Gasteiger charge is -2.35. The predicted octanol–water partition coefficient (Wildman–Crippen LogP) is 3.23. The Morgan fingerprint density at radius 1 is 1.27 bits per heavy atom. The smallest absolute Gasteiger partial charge is 0.405 e. The van der Waals surface area contributed by atoms with Gasteiger partial charge in [-0.15, -0.1) is 0 Å². The minimum atomic E-state index is -0.697. The van der Waals surface area contributed by atoms with Crippen LogP contribution < -0.4 is 5.73 Å². The summed E-state index contributed by atoms with van der Waals surface area (Å²) in [4.78, 5) is 11.0. The lowest BCUT2D eigenvalue weighted by Crippen LogP contribution is -2.38. The van der Waals surface area contributed by atoms with E-state index in [1.165, 1.54) is 12.8 Å². The van der Waals surface area contributed by atoms with E-state index in [9.17, 15) is 4.79 Å². The van der Waals surface area contributed by atoms with Crippen molar-refractivity contribution in [2.24, 2.45) is 17.6 Å². The highest BCUT2D eigenvalue weighted by Crippen LogP contribution is 2.35. The van der Waals surface area contributed by atoms with Crippen LogP contribution in [0, 0.1) is 11.8 Å². The van der Waals surface area contributed by atoms with Gasteiger partial charge in [-0.25, -0.2) is 4.79 Å². The number of aliphatic hydroxyl groups is 1. The molecule has 5 heteroatoms. The molecule has 1 aliphatic carbocycles. The highest BCUT2D eigenvalue weighted by atomic mass is 16.6. The lowest BCUT2D eigenvalue weighted by molar-refractivity contribution is -0.0154. The number of carbonyl (C=O) groups is 1. The second kappa shape index (κ2) is 9.36. The standard InChI is InChI=1S/C17H33NO4/c1-13(17(2,3)22-16(18)20)12-14-6-8-15(9-7-14)21-11-5-4-10-19/h13-15,19H,4-12H2,1-3H3,(H2,18,20)/t13?,14-,15-. The molecule has 0 aliphatic heterocycles. The van der Waals surface area contributed by atoms with Gasteiger partial charge in [0.2, 0.25) is 0 Å². The number of aliphatic hydroxyl groups excluding tert-OH is 1. The Labute approximate surface area is 134 Å². The van der Waals surface area contributed by atoms with Gasteiger partial charge in [-0.1, -0.05) is 6.92 Å². The summed E-state index contributed by atoms with van der Waals surface area (Å²) in [7, 11) is 0. The van der Waals surface area contributed by atoms with Crippen LogP contribution in [0.4, 0.5) is 4.79 Å². The van der Waals surface area contributed by atoms with Crippen LogP contribution in [-0.4, -0.2) is 36.1 Å². The monoisotopic (exact) mass is 315 g/mol. The minimum absolute atomic E-state index is 0.247. The van der Waals surface area contributed by atoms with Crippen molar-refractivity contribution >= 4 is 6.09 Å². The third kappa shape index (κ3) is 6.97. The van der Waals surface area contributed by atoms with E-state index in [0.29, 0.717) is 12.0 Å². The number of nitrogens with two attached hydrogens (primary N) is 1. The molecule has 1 aliphatic rings. The Bertz CT molecular complexity index is 325. The number of primary amides is 1. The van der Waals surface area contributed by atoms with Crippen LogP contribution in [0.3, 0.4) is 0 Å². The third-order valence-electron chi connectivity index (χ3n) is 4.94. The van der Waals surface area contributed by atoms with Gasteiger partial charge in [0.25, 0.3) is 0 Å². The van der Waals surface area contributed by atoms with Crippen LogP contribution in [-0.2, 0) is 9.47 Å². The van der Waals surface area contributed by atoms with E-state index in [2.05, 4.69) is 6.92 Å². The van der Waals surface area contributed by atoms with E-state index < -0.39 is 11.7 Å². The van der Waals surface area contributed by atoms with Gasteiger partial charge in [-0.2, -0.15) is 0 Å². The van der Waals surface area contributed by atoms with Gasteiger partial charge in [0, 0.05) is 13.2 Å². The van der Waals surface area contributed by atoms with Crippen molar-refractivity contribution in [1.29, 1.82) is 0 Å². The van der Waals surface area contributed by atoms with Crippen LogP contribution in [0.5, 0.6) is 0 Å². The summed E-state index contributed by atoms with van der Waals surface area (Å²) in [6.07, 6.45) is 7.03. The minimum Gasteiger partial charge on any atom is -0.443 e. The molecule has 0 heterocycles. The molecule has 0 spiro atoms. The lowest BCUT2D eigenvalue weighted by atomic mass is 9.77. The van der Waals surface area contributed by atoms with Gasteiger partial charge in [0.1, 0.15) is 5.60 Å². The second-order valence-corrected chi connectivity index (χ2v) is 7.11. The summed E-state index contributed by atoms with van der Waals surface area (Å²) in [6, 6.07) is 0. The number of rotatable bonds is 9. The summed E-state index contributed by atoms with van der Waals surface area (Å²) in [6.45, 7) is 6.99. The second-order valence-electron chi connectivity index (χ2n) is 7.11. The molecule has 5 nitrogen and oxygen atoms in total. The Hall–Kier alpha value is -0.810. The van der Waals surface area contributed by atoms with Crippen molar-refractivity contribution in [2.45, 2.75) is 77.4 Å². The molecule has 0 saturated heterocycles. The van der Waals surface area contributed by atoms with Gasteiger partial charge in [-0.05, 0) is 70.6 Å². The van der Waals surface area contributed by atoms with Gasteiger partial charge in [0.05, 0.1) is 6.10 Å². The maximum Gasteiger partial charge on any atom is 0.405 e. The highest BCUT2D eigenvalue weighted by molar-refractivity contribution is 5.65. The van der Waals surface area contributed by atoms with E-state index in [1.807, 2.05) is 13.8 Å². The van der Waals surface area contributed by atoms with E-state index in [4.69, 9.17) is 20.3 Å². The molecular formula is C17H33NO4. The average molecular weight is 315 g/mol. The fourth-order valence-corrected chi connectivity index (χ4v) is 3.14. The zero-order valence-electron chi connectivity index (χ0n) is 14.3. The molecule has 1 unspecified atom stereocenters. The number of unbranched alkanes of at least 4 members (excludes halogenated alkanes) is 1. The zero-order chi connectivity index (χ0) is 16.6. The van der Waals surface area contributed by atoms with Crippen molar-refractivity contribution < 1.29 is 19.4 Å². The summed E-state index contributed by atoms with van der Waals surface area (Å²) >= 11 is 0. The van der Waals surface area contributed by atoms with Gasteiger partial charge in [0.15, 0.2) is 0 Å². The molecule has 130 valence electrons. The third-order valence-corrected chi connectivity index (χ3v) is 4.94. The molecule has 0 aromatic carbocycles. The summed E-state index contributed by atoms with van der Waals surface area (Å²) < 4.78 is 11.1. The van der Waals surface area contributed by atoms with Crippen molar-refractivity contribution in [3.05, 3.63) is 0 Å². The molecular weight excluding hydrogens is 282 g/mol. The number of amides is 1. The number of hydrogen-bond acceptors (Lipinski definition) is 4. The van der Waals surface area contributed by atoms with E-state index in [1.54, 1.807) is 0 Å². The first kappa shape index (κ1) is 19.2. The van der Waals surface area contributed by atoms with Gasteiger partial charge < -0.3 is 20.3 Å². The zero-order valence-corrected chi connectivity index (χ0v) is 14.3. The topological polar surface area (TPSA) is 81.8 Å². The molecule has 1 fully saturated rings. The average Bonchev–Trinajstić information content (AvgIpc) is 2.44. The first-order chi connectivity index (χ1) is 10.3. The molecule has 1 rings (SSSR count). The Morgan fingerprint density at radius 2 is 1.91 bits per heavy atom. The fourth-order valence-electron chi connectivity index (χ4n) is 3.14. The van der Waals surface area contributed by atoms with Crippen LogP contribution >= 0.6 is 0 Å². The maximum atomic E-state index is 11.0. The highest BCUT2D eigenvalue weighted by Gasteiger charge is 2.32. The van der Waals surface area contributed by atoms with Crippen LogP contribution in [0.25, 0.3) is 0 Å². The largest absolute Gasteiger partial charge is 0.443 e. The molecule has 0 aromatic heterocycles. The number of hydrogen-bond donors (Lipinski definition) is 2. The molecule has 0 radical (unpaired) electrons. The summed E-state index contributed by atoms with van der Waals surface area (Å²) in [5, 5.41) is 8.75. The molecule has 1 amide bonds. The normalized spacial score (nSPS) is 24.0. The van der Waals surface area contributed by atoms with Crippen molar-refractivity contribution in [3.63, 3.8) is 0 Å². The molecule has 0 bridgehead atoms. The van der Waals surface area contributed by atoms with Crippen molar-refractivity contribution in [1.82, 2.24) is 0 Å². The Morgan fingerprint density at radius 3 is 2.45 bits per heavy atom. The van der Waals surface area contributed by atoms with E-state index >= 15 is 0 Å². The predicted molar refractivity (Wildman–Crippen MR) is 86.5 cm³/mol. The number of carbonyl (C=O) groups excluding carboxylic acids is 1. The Kier molecular flexibility index (Phi) is 8.18. The summed E-state index contributed by atoms with van der Waals surface area (Å²) in [5.41, 5.74) is 4.63. The molecule has 1 atom stereocenters. The Balaban J connectivity index is 2.25. The van der Waals surface area contributed by atoms with Crippen LogP contribution in [0.1, 0.15) is 65.7 Å². The molecule has 0 aromatic rings. The van der Waals surface area contributed by atoms with Crippen LogP contribution in [0.2, 0.25) is 0 Å². The molecule has 22 heavy (non-hydrogen) atoms. The first-order valence-electron chi connectivity index (χ1n) is 8.56. The maximum absolute atomic E-state index is 11.0. The molecule has 3 N–H and O–H groups in total. The fraction of sp³-hybridized carbons (Fsp3) is 0.941. The first-order valence-corrected chi connectivity index (χ1v) is 8.56. The SMILES string of the molecule is CC(C[C@H]1CC[C@H](OCCCCO)CC1)C(C)(C)OC(N)=O. The van der Waals surface area contributed by atoms with Gasteiger partial charge in [-0.3, -0.25) is 0 Å². The van der Waals surface area contributed by atoms with Gasteiger partial charge >= 0.3 is 6.09 Å².